The highest BCUT2D eigenvalue weighted by Crippen LogP contribution is 2.31. The van der Waals surface area contributed by atoms with Crippen molar-refractivity contribution >= 4 is 27.3 Å². The van der Waals surface area contributed by atoms with Crippen LogP contribution in [0.4, 0.5) is 11.4 Å². The van der Waals surface area contributed by atoms with Crippen LogP contribution in [0.5, 0.6) is 5.75 Å². The fraction of sp³-hybridized carbons (Fsp3) is 0.167. The van der Waals surface area contributed by atoms with Gasteiger partial charge in [-0.1, -0.05) is 18.2 Å². The van der Waals surface area contributed by atoms with Gasteiger partial charge in [0.15, 0.2) is 0 Å². The first-order valence-electron chi connectivity index (χ1n) is 10.6. The smallest absolute Gasteiger partial charge is 0.264 e. The number of sulfonamides is 1. The third-order valence-corrected chi connectivity index (χ3v) is 7.35. The van der Waals surface area contributed by atoms with Crippen LogP contribution in [0, 0.1) is 13.8 Å². The van der Waals surface area contributed by atoms with Crippen LogP contribution in [0.15, 0.2) is 71.9 Å². The van der Waals surface area contributed by atoms with Crippen LogP contribution in [0.3, 0.4) is 0 Å². The van der Waals surface area contributed by atoms with Crippen molar-refractivity contribution < 1.29 is 17.9 Å². The van der Waals surface area contributed by atoms with Gasteiger partial charge in [0, 0.05) is 18.3 Å². The Morgan fingerprint density at radius 3 is 2.49 bits per heavy atom. The highest BCUT2D eigenvalue weighted by Gasteiger charge is 2.25. The van der Waals surface area contributed by atoms with Crippen LogP contribution >= 0.6 is 0 Å². The summed E-state index contributed by atoms with van der Waals surface area (Å²) < 4.78 is 34.7. The number of benzene rings is 3. The number of methoxy groups -OCH3 is 1. The number of tetrazole rings is 1. The van der Waals surface area contributed by atoms with Crippen LogP contribution in [0.2, 0.25) is 0 Å². The molecule has 1 aromatic heterocycles. The average molecular weight is 493 g/mol. The number of anilines is 2. The van der Waals surface area contributed by atoms with Gasteiger partial charge in [-0.15, -0.1) is 5.10 Å². The molecule has 3 aromatic carbocycles. The van der Waals surface area contributed by atoms with E-state index in [1.165, 1.54) is 37.3 Å². The minimum absolute atomic E-state index is 0.00753. The second kappa shape index (κ2) is 9.55. The number of aromatic nitrogens is 4. The van der Waals surface area contributed by atoms with Gasteiger partial charge < -0.3 is 10.1 Å². The second-order valence-electron chi connectivity index (χ2n) is 7.83. The number of carbonyl (C=O) groups is 1. The first-order valence-corrected chi connectivity index (χ1v) is 12.0. The minimum Gasteiger partial charge on any atom is -0.495 e. The van der Waals surface area contributed by atoms with Gasteiger partial charge in [-0.05, 0) is 77.9 Å². The molecule has 0 aliphatic rings. The molecule has 0 aliphatic carbocycles. The molecule has 11 heteroatoms. The number of nitrogens with one attached hydrogen (secondary N) is 1. The monoisotopic (exact) mass is 492 g/mol. The lowest BCUT2D eigenvalue weighted by Gasteiger charge is -2.22. The number of para-hydroxylation sites is 2. The summed E-state index contributed by atoms with van der Waals surface area (Å²) in [6.07, 6.45) is 1.48. The van der Waals surface area contributed by atoms with Crippen molar-refractivity contribution in [2.45, 2.75) is 18.7 Å². The molecule has 35 heavy (non-hydrogen) atoms. The zero-order valence-electron chi connectivity index (χ0n) is 19.6. The number of amides is 1. The third kappa shape index (κ3) is 4.71. The first-order chi connectivity index (χ1) is 16.7. The molecule has 4 aromatic rings. The summed E-state index contributed by atoms with van der Waals surface area (Å²) in [5.74, 6) is -0.00166. The molecule has 10 nitrogen and oxygen atoms in total. The molecule has 1 amide bonds. The molecular weight excluding hydrogens is 468 g/mol. The molecule has 0 saturated heterocycles. The fourth-order valence-corrected chi connectivity index (χ4v) is 4.88. The maximum Gasteiger partial charge on any atom is 0.264 e. The van der Waals surface area contributed by atoms with Crippen LogP contribution in [0.25, 0.3) is 5.69 Å². The van der Waals surface area contributed by atoms with E-state index in [0.29, 0.717) is 22.7 Å². The van der Waals surface area contributed by atoms with Gasteiger partial charge in [-0.2, -0.15) is 0 Å². The number of carbonyl (C=O) groups excluding carboxylic acids is 1. The SMILES string of the molecule is COc1ccccc1N(C)S(=O)(=O)c1ccc(C)c(C(=O)Nc2ccc(-n3cnnn3)c(C)c2)c1. The molecule has 0 aliphatic heterocycles. The van der Waals surface area contributed by atoms with Gasteiger partial charge in [0.2, 0.25) is 0 Å². The average Bonchev–Trinajstić information content (AvgIpc) is 3.38. The lowest BCUT2D eigenvalue weighted by Crippen LogP contribution is -2.27. The Bertz CT molecular complexity index is 1490. The molecule has 0 radical (unpaired) electrons. The van der Waals surface area contributed by atoms with Crippen LogP contribution in [0.1, 0.15) is 21.5 Å². The lowest BCUT2D eigenvalue weighted by atomic mass is 10.1. The second-order valence-corrected chi connectivity index (χ2v) is 9.80. The molecule has 1 N–H and O–H groups in total. The maximum atomic E-state index is 13.4. The number of hydrogen-bond acceptors (Lipinski definition) is 7. The van der Waals surface area contributed by atoms with E-state index in [4.69, 9.17) is 4.74 Å². The fourth-order valence-electron chi connectivity index (χ4n) is 3.64. The van der Waals surface area contributed by atoms with E-state index >= 15 is 0 Å². The Kier molecular flexibility index (Phi) is 6.52. The minimum atomic E-state index is -3.96. The summed E-state index contributed by atoms with van der Waals surface area (Å²) in [6, 6.07) is 16.6. The summed E-state index contributed by atoms with van der Waals surface area (Å²) in [5, 5.41) is 14.0. The normalized spacial score (nSPS) is 11.2. The predicted molar refractivity (Wildman–Crippen MR) is 132 cm³/mol. The van der Waals surface area contributed by atoms with Crippen molar-refractivity contribution in [2.24, 2.45) is 0 Å². The van der Waals surface area contributed by atoms with Gasteiger partial charge in [0.25, 0.3) is 15.9 Å². The van der Waals surface area contributed by atoms with Crippen molar-refractivity contribution in [3.63, 3.8) is 0 Å². The molecule has 0 fully saturated rings. The Hall–Kier alpha value is -4.25. The Morgan fingerprint density at radius 1 is 1.03 bits per heavy atom. The van der Waals surface area contributed by atoms with Crippen molar-refractivity contribution in [2.75, 3.05) is 23.8 Å². The van der Waals surface area contributed by atoms with Crippen molar-refractivity contribution in [3.8, 4) is 11.4 Å². The lowest BCUT2D eigenvalue weighted by molar-refractivity contribution is 0.102. The van der Waals surface area contributed by atoms with E-state index in [1.807, 2.05) is 6.92 Å². The summed E-state index contributed by atoms with van der Waals surface area (Å²) in [6.45, 7) is 3.63. The zero-order valence-corrected chi connectivity index (χ0v) is 20.4. The van der Waals surface area contributed by atoms with Crippen molar-refractivity contribution in [1.29, 1.82) is 0 Å². The molecule has 0 unspecified atom stereocenters. The Balaban J connectivity index is 1.62. The largest absolute Gasteiger partial charge is 0.495 e. The summed E-state index contributed by atoms with van der Waals surface area (Å²) >= 11 is 0. The molecule has 4 rings (SSSR count). The van der Waals surface area contributed by atoms with Gasteiger partial charge in [0.05, 0.1) is 23.4 Å². The molecule has 0 saturated carbocycles. The molecule has 0 spiro atoms. The van der Waals surface area contributed by atoms with Gasteiger partial charge >= 0.3 is 0 Å². The quantitative estimate of drug-likeness (QED) is 0.420. The van der Waals surface area contributed by atoms with E-state index in [2.05, 4.69) is 20.8 Å². The summed E-state index contributed by atoms with van der Waals surface area (Å²) in [7, 11) is -1.03. The number of hydrogen-bond donors (Lipinski definition) is 1. The Labute approximate surface area is 203 Å². The highest BCUT2D eigenvalue weighted by atomic mass is 32.2. The number of aryl methyl sites for hydroxylation is 2. The van der Waals surface area contributed by atoms with E-state index in [0.717, 1.165) is 15.6 Å². The number of rotatable bonds is 7. The van der Waals surface area contributed by atoms with Crippen molar-refractivity contribution in [3.05, 3.63) is 83.7 Å². The first kappa shape index (κ1) is 23.9. The Morgan fingerprint density at radius 2 is 1.80 bits per heavy atom. The van der Waals surface area contributed by atoms with E-state index < -0.39 is 15.9 Å². The van der Waals surface area contributed by atoms with E-state index in [-0.39, 0.29) is 10.5 Å². The predicted octanol–water partition coefficient (Wildman–Crippen LogP) is 3.37. The molecular formula is C24H24N6O4S. The molecule has 1 heterocycles. The summed E-state index contributed by atoms with van der Waals surface area (Å²) in [5.41, 5.74) is 3.46. The number of nitrogens with zero attached hydrogens (tertiary/aromatic N) is 5. The van der Waals surface area contributed by atoms with E-state index in [9.17, 15) is 13.2 Å². The topological polar surface area (TPSA) is 119 Å². The van der Waals surface area contributed by atoms with Crippen molar-refractivity contribution in [1.82, 2.24) is 20.2 Å². The van der Waals surface area contributed by atoms with E-state index in [1.54, 1.807) is 55.5 Å². The standard InChI is InChI=1S/C24H24N6O4S/c1-16-9-11-19(35(32,33)29(3)22-7-5-6-8-23(22)34-4)14-20(16)24(31)26-18-10-12-21(17(2)13-18)30-15-25-27-28-30/h5-15H,1-4H3,(H,26,31). The van der Waals surface area contributed by atoms with Crippen LogP contribution < -0.4 is 14.4 Å². The molecule has 180 valence electrons. The maximum absolute atomic E-state index is 13.4. The van der Waals surface area contributed by atoms with Gasteiger partial charge in [0.1, 0.15) is 12.1 Å². The molecule has 0 atom stereocenters. The highest BCUT2D eigenvalue weighted by molar-refractivity contribution is 7.92. The summed E-state index contributed by atoms with van der Waals surface area (Å²) in [4.78, 5) is 13.1. The van der Waals surface area contributed by atoms with Gasteiger partial charge in [-0.3, -0.25) is 9.10 Å². The van der Waals surface area contributed by atoms with Crippen LogP contribution in [-0.4, -0.2) is 48.7 Å². The van der Waals surface area contributed by atoms with Crippen LogP contribution in [-0.2, 0) is 10.0 Å². The third-order valence-electron chi connectivity index (χ3n) is 5.59. The molecule has 0 bridgehead atoms. The van der Waals surface area contributed by atoms with Gasteiger partial charge in [-0.25, -0.2) is 13.1 Å². The zero-order chi connectivity index (χ0) is 25.2. The number of ether oxygens (including phenoxy) is 1.